The van der Waals surface area contributed by atoms with Gasteiger partial charge in [-0.1, -0.05) is 13.8 Å². The van der Waals surface area contributed by atoms with Crippen molar-refractivity contribution >= 4 is 0 Å². The second-order valence-corrected chi connectivity index (χ2v) is 6.58. The summed E-state index contributed by atoms with van der Waals surface area (Å²) < 4.78 is 11.8. The number of ether oxygens (including phenoxy) is 2. The number of benzene rings is 2. The van der Waals surface area contributed by atoms with Crippen LogP contribution in [-0.4, -0.2) is 13.2 Å². The maximum atomic E-state index is 5.90. The highest BCUT2D eigenvalue weighted by molar-refractivity contribution is 5.70. The Bertz CT molecular complexity index is 594. The fourth-order valence-corrected chi connectivity index (χ4v) is 3.10. The van der Waals surface area contributed by atoms with Gasteiger partial charge in [-0.3, -0.25) is 0 Å². The van der Waals surface area contributed by atoms with E-state index >= 15 is 0 Å². The van der Waals surface area contributed by atoms with Gasteiger partial charge >= 0.3 is 0 Å². The van der Waals surface area contributed by atoms with E-state index in [1.165, 1.54) is 33.4 Å². The maximum absolute atomic E-state index is 5.90. The van der Waals surface area contributed by atoms with E-state index in [4.69, 9.17) is 9.47 Å². The predicted molar refractivity (Wildman–Crippen MR) is 102 cm³/mol. The predicted octanol–water partition coefficient (Wildman–Crippen LogP) is 6.16. The second-order valence-electron chi connectivity index (χ2n) is 6.58. The topological polar surface area (TPSA) is 18.5 Å². The zero-order chi connectivity index (χ0) is 17.7. The monoisotopic (exact) mass is 326 g/mol. The minimum absolute atomic E-state index is 0.767. The zero-order valence-electron chi connectivity index (χ0n) is 16.0. The summed E-state index contributed by atoms with van der Waals surface area (Å²) in [7, 11) is 0. The van der Waals surface area contributed by atoms with Crippen LogP contribution in [0.2, 0.25) is 0 Å². The molecule has 130 valence electrons. The second kappa shape index (κ2) is 8.23. The first-order valence-electron chi connectivity index (χ1n) is 8.96. The van der Waals surface area contributed by atoms with Crippen LogP contribution < -0.4 is 9.47 Å². The van der Waals surface area contributed by atoms with Gasteiger partial charge < -0.3 is 9.47 Å². The fraction of sp³-hybridized carbons (Fsp3) is 0.455. The molecular weight excluding hydrogens is 296 g/mol. The molecule has 0 bridgehead atoms. The van der Waals surface area contributed by atoms with Crippen LogP contribution in [-0.2, 0) is 0 Å². The Morgan fingerprint density at radius 1 is 0.583 bits per heavy atom. The molecule has 2 rings (SSSR count). The molecule has 0 radical (unpaired) electrons. The molecule has 0 aromatic heterocycles. The molecule has 0 spiro atoms. The highest BCUT2D eigenvalue weighted by Gasteiger charge is 2.11. The van der Waals surface area contributed by atoms with Crippen molar-refractivity contribution in [3.63, 3.8) is 0 Å². The van der Waals surface area contributed by atoms with E-state index in [0.717, 1.165) is 37.6 Å². The molecule has 0 atom stereocenters. The first kappa shape index (κ1) is 18.4. The summed E-state index contributed by atoms with van der Waals surface area (Å²) in [6.45, 7) is 14.3. The third kappa shape index (κ3) is 4.11. The quantitative estimate of drug-likeness (QED) is 0.606. The summed E-state index contributed by atoms with van der Waals surface area (Å²) in [6, 6.07) is 8.88. The van der Waals surface area contributed by atoms with E-state index in [9.17, 15) is 0 Å². The van der Waals surface area contributed by atoms with Crippen LogP contribution in [0, 0.1) is 27.7 Å². The van der Waals surface area contributed by atoms with Crippen molar-refractivity contribution in [2.24, 2.45) is 0 Å². The molecule has 0 saturated carbocycles. The SMILES string of the molecule is CCCOc1c(C)cc(-c2cc(C)c(OCCC)c(C)c2)cc1C. The Labute approximate surface area is 146 Å². The molecule has 24 heavy (non-hydrogen) atoms. The van der Waals surface area contributed by atoms with E-state index in [1.54, 1.807) is 0 Å². The third-order valence-electron chi connectivity index (χ3n) is 4.16. The fourth-order valence-electron chi connectivity index (χ4n) is 3.10. The van der Waals surface area contributed by atoms with Crippen LogP contribution in [0.5, 0.6) is 11.5 Å². The summed E-state index contributed by atoms with van der Waals surface area (Å²) in [4.78, 5) is 0. The lowest BCUT2D eigenvalue weighted by atomic mass is 9.96. The van der Waals surface area contributed by atoms with Gasteiger partial charge in [-0.05, 0) is 98.2 Å². The average molecular weight is 326 g/mol. The van der Waals surface area contributed by atoms with Gasteiger partial charge in [0, 0.05) is 0 Å². The van der Waals surface area contributed by atoms with Crippen LogP contribution in [0.25, 0.3) is 11.1 Å². The maximum Gasteiger partial charge on any atom is 0.125 e. The van der Waals surface area contributed by atoms with Crippen molar-refractivity contribution in [3.8, 4) is 22.6 Å². The van der Waals surface area contributed by atoms with Crippen molar-refractivity contribution in [1.82, 2.24) is 0 Å². The van der Waals surface area contributed by atoms with Crippen molar-refractivity contribution in [1.29, 1.82) is 0 Å². The first-order valence-corrected chi connectivity index (χ1v) is 8.96. The van der Waals surface area contributed by atoms with Gasteiger partial charge in [0.1, 0.15) is 11.5 Å². The molecule has 0 N–H and O–H groups in total. The highest BCUT2D eigenvalue weighted by atomic mass is 16.5. The number of hydrogen-bond acceptors (Lipinski definition) is 2. The summed E-state index contributed by atoms with van der Waals surface area (Å²) in [5.74, 6) is 2.05. The molecular formula is C22H30O2. The lowest BCUT2D eigenvalue weighted by molar-refractivity contribution is 0.313. The number of hydrogen-bond donors (Lipinski definition) is 0. The number of aryl methyl sites for hydroxylation is 4. The molecule has 2 aromatic rings. The van der Waals surface area contributed by atoms with Gasteiger partial charge in [0.15, 0.2) is 0 Å². The van der Waals surface area contributed by atoms with Crippen molar-refractivity contribution < 1.29 is 9.47 Å². The van der Waals surface area contributed by atoms with E-state index in [2.05, 4.69) is 65.8 Å². The van der Waals surface area contributed by atoms with Crippen LogP contribution in [0.15, 0.2) is 24.3 Å². The van der Waals surface area contributed by atoms with E-state index in [0.29, 0.717) is 0 Å². The molecule has 2 nitrogen and oxygen atoms in total. The molecule has 2 aromatic carbocycles. The Kier molecular flexibility index (Phi) is 6.30. The largest absolute Gasteiger partial charge is 0.493 e. The summed E-state index contributed by atoms with van der Waals surface area (Å²) in [5.41, 5.74) is 7.25. The average Bonchev–Trinajstić information content (AvgIpc) is 2.53. The van der Waals surface area contributed by atoms with Gasteiger partial charge in [-0.15, -0.1) is 0 Å². The normalized spacial score (nSPS) is 10.8. The van der Waals surface area contributed by atoms with Crippen LogP contribution in [0.4, 0.5) is 0 Å². The standard InChI is InChI=1S/C22H30O2/c1-7-9-23-21-15(3)11-19(12-16(21)4)20-13-17(5)22(18(6)14-20)24-10-8-2/h11-14H,7-10H2,1-6H3. The van der Waals surface area contributed by atoms with Gasteiger partial charge in [0.2, 0.25) is 0 Å². The van der Waals surface area contributed by atoms with E-state index in [-0.39, 0.29) is 0 Å². The Morgan fingerprint density at radius 2 is 0.875 bits per heavy atom. The van der Waals surface area contributed by atoms with Gasteiger partial charge in [0.25, 0.3) is 0 Å². The molecule has 0 aliphatic heterocycles. The van der Waals surface area contributed by atoms with E-state index < -0.39 is 0 Å². The zero-order valence-corrected chi connectivity index (χ0v) is 16.0. The van der Waals surface area contributed by atoms with Crippen molar-refractivity contribution in [2.75, 3.05) is 13.2 Å². The molecule has 0 amide bonds. The summed E-state index contributed by atoms with van der Waals surface area (Å²) in [5, 5.41) is 0. The minimum atomic E-state index is 0.767. The van der Waals surface area contributed by atoms with Crippen LogP contribution in [0.1, 0.15) is 48.9 Å². The first-order chi connectivity index (χ1) is 11.5. The Hall–Kier alpha value is -1.96. The van der Waals surface area contributed by atoms with E-state index in [1.807, 2.05) is 0 Å². The Balaban J connectivity index is 2.38. The summed E-state index contributed by atoms with van der Waals surface area (Å²) in [6.07, 6.45) is 2.05. The van der Waals surface area contributed by atoms with Gasteiger partial charge in [0.05, 0.1) is 13.2 Å². The van der Waals surface area contributed by atoms with Gasteiger partial charge in [-0.2, -0.15) is 0 Å². The lowest BCUT2D eigenvalue weighted by Gasteiger charge is -2.16. The van der Waals surface area contributed by atoms with Crippen molar-refractivity contribution in [3.05, 3.63) is 46.5 Å². The van der Waals surface area contributed by atoms with Crippen LogP contribution >= 0.6 is 0 Å². The van der Waals surface area contributed by atoms with Crippen LogP contribution in [0.3, 0.4) is 0 Å². The number of rotatable bonds is 7. The van der Waals surface area contributed by atoms with Crippen molar-refractivity contribution in [2.45, 2.75) is 54.4 Å². The van der Waals surface area contributed by atoms with Gasteiger partial charge in [-0.25, -0.2) is 0 Å². The Morgan fingerprint density at radius 3 is 1.12 bits per heavy atom. The molecule has 0 unspecified atom stereocenters. The molecule has 0 aliphatic rings. The molecule has 0 saturated heterocycles. The molecule has 2 heteroatoms. The smallest absolute Gasteiger partial charge is 0.125 e. The third-order valence-corrected chi connectivity index (χ3v) is 4.16. The minimum Gasteiger partial charge on any atom is -0.493 e. The highest BCUT2D eigenvalue weighted by Crippen LogP contribution is 2.34. The molecule has 0 heterocycles. The molecule has 0 aliphatic carbocycles. The lowest BCUT2D eigenvalue weighted by Crippen LogP contribution is -2.01. The molecule has 0 fully saturated rings. The summed E-state index contributed by atoms with van der Waals surface area (Å²) >= 11 is 0.